The van der Waals surface area contributed by atoms with Crippen LogP contribution in [0.15, 0.2) is 29.2 Å². The van der Waals surface area contributed by atoms with Crippen LogP contribution in [0.1, 0.15) is 25.1 Å². The van der Waals surface area contributed by atoms with Crippen molar-refractivity contribution in [1.82, 2.24) is 14.6 Å². The van der Waals surface area contributed by atoms with Crippen LogP contribution in [0.5, 0.6) is 0 Å². The van der Waals surface area contributed by atoms with Crippen molar-refractivity contribution in [2.45, 2.75) is 19.0 Å². The number of fused-ring (bicyclic) bond motifs is 1. The maximum atomic E-state index is 11.8. The van der Waals surface area contributed by atoms with E-state index in [1.807, 2.05) is 20.1 Å². The number of H-pyrrole nitrogens is 1. The van der Waals surface area contributed by atoms with E-state index in [0.29, 0.717) is 10.7 Å². The van der Waals surface area contributed by atoms with E-state index < -0.39 is 0 Å². The van der Waals surface area contributed by atoms with Gasteiger partial charge in [-0.3, -0.25) is 9.78 Å². The van der Waals surface area contributed by atoms with Crippen LogP contribution >= 0.6 is 11.8 Å². The summed E-state index contributed by atoms with van der Waals surface area (Å²) in [6, 6.07) is 1.75. The van der Waals surface area contributed by atoms with E-state index in [0.717, 1.165) is 11.3 Å². The van der Waals surface area contributed by atoms with E-state index in [1.165, 1.54) is 11.8 Å². The molecule has 4 nitrogen and oxygen atoms in total. The van der Waals surface area contributed by atoms with Crippen molar-refractivity contribution in [2.24, 2.45) is 0 Å². The molecule has 0 aliphatic rings. The maximum absolute atomic E-state index is 11.8. The molecule has 1 N–H and O–H groups in total. The molecule has 0 atom stereocenters. The van der Waals surface area contributed by atoms with Gasteiger partial charge in [-0.15, -0.1) is 5.10 Å². The second kappa shape index (κ2) is 6.26. The SMILES string of the molecule is C=Cc1cc2c(=O)[nH]c(SC)nn2c1C=C.CC. The largest absolute Gasteiger partial charge is 0.298 e. The molecule has 0 spiro atoms. The summed E-state index contributed by atoms with van der Waals surface area (Å²) in [6.45, 7) is 11.4. The third kappa shape index (κ3) is 2.41. The zero-order chi connectivity index (χ0) is 13.7. The summed E-state index contributed by atoms with van der Waals surface area (Å²) in [4.78, 5) is 14.5. The molecule has 0 radical (unpaired) electrons. The number of thioether (sulfide) groups is 1. The van der Waals surface area contributed by atoms with Gasteiger partial charge < -0.3 is 0 Å². The zero-order valence-electron chi connectivity index (χ0n) is 10.9. The number of nitrogens with zero attached hydrogens (tertiary/aromatic N) is 2. The maximum Gasteiger partial charge on any atom is 0.275 e. The minimum absolute atomic E-state index is 0.157. The van der Waals surface area contributed by atoms with Crippen molar-refractivity contribution >= 4 is 29.4 Å². The Morgan fingerprint density at radius 1 is 1.39 bits per heavy atom. The first-order chi connectivity index (χ1) is 8.71. The standard InChI is InChI=1S/C11H11N3OS.C2H6/c1-4-7-6-9-10(15)12-11(16-3)13-14(9)8(7)5-2;1-2/h4-6H,1-2H2,3H3,(H,12,13,15);1-2H3. The summed E-state index contributed by atoms with van der Waals surface area (Å²) >= 11 is 1.39. The molecule has 2 aromatic heterocycles. The Kier molecular flexibility index (Phi) is 4.97. The Labute approximate surface area is 110 Å². The van der Waals surface area contributed by atoms with Crippen molar-refractivity contribution in [1.29, 1.82) is 0 Å². The summed E-state index contributed by atoms with van der Waals surface area (Å²) in [5, 5.41) is 4.87. The van der Waals surface area contributed by atoms with Crippen LogP contribution < -0.4 is 5.56 Å². The van der Waals surface area contributed by atoms with Gasteiger partial charge in [-0.1, -0.05) is 44.8 Å². The van der Waals surface area contributed by atoms with Crippen molar-refractivity contribution < 1.29 is 0 Å². The predicted molar refractivity (Wildman–Crippen MR) is 79.1 cm³/mol. The minimum atomic E-state index is -0.157. The summed E-state index contributed by atoms with van der Waals surface area (Å²) < 4.78 is 1.59. The van der Waals surface area contributed by atoms with Crippen LogP contribution in [0, 0.1) is 0 Å². The van der Waals surface area contributed by atoms with E-state index in [4.69, 9.17) is 0 Å². The molecule has 0 aliphatic carbocycles. The monoisotopic (exact) mass is 263 g/mol. The van der Waals surface area contributed by atoms with Crippen LogP contribution in [-0.4, -0.2) is 20.9 Å². The molecule has 2 heterocycles. The highest BCUT2D eigenvalue weighted by molar-refractivity contribution is 7.98. The van der Waals surface area contributed by atoms with Crippen molar-refractivity contribution in [3.8, 4) is 0 Å². The lowest BCUT2D eigenvalue weighted by Crippen LogP contribution is -2.13. The van der Waals surface area contributed by atoms with Gasteiger partial charge >= 0.3 is 0 Å². The molecule has 5 heteroatoms. The number of hydrogen-bond donors (Lipinski definition) is 1. The Bertz CT molecular complexity index is 625. The second-order valence-electron chi connectivity index (χ2n) is 3.15. The zero-order valence-corrected chi connectivity index (χ0v) is 11.7. The van der Waals surface area contributed by atoms with Crippen molar-refractivity contribution in [3.05, 3.63) is 40.8 Å². The molecule has 0 fully saturated rings. The van der Waals surface area contributed by atoms with Gasteiger partial charge in [-0.2, -0.15) is 0 Å². The third-order valence-electron chi connectivity index (χ3n) is 2.29. The molecule has 18 heavy (non-hydrogen) atoms. The number of aromatic amines is 1. The molecular weight excluding hydrogens is 246 g/mol. The van der Waals surface area contributed by atoms with Crippen LogP contribution in [-0.2, 0) is 0 Å². The fourth-order valence-corrected chi connectivity index (χ4v) is 1.90. The molecule has 2 aromatic rings. The van der Waals surface area contributed by atoms with Crippen LogP contribution in [0.25, 0.3) is 17.7 Å². The van der Waals surface area contributed by atoms with Gasteiger partial charge in [0.15, 0.2) is 5.16 Å². The fourth-order valence-electron chi connectivity index (χ4n) is 1.54. The molecule has 96 valence electrons. The van der Waals surface area contributed by atoms with Gasteiger partial charge in [0.25, 0.3) is 5.56 Å². The van der Waals surface area contributed by atoms with Crippen LogP contribution in [0.4, 0.5) is 0 Å². The third-order valence-corrected chi connectivity index (χ3v) is 2.87. The molecule has 0 bridgehead atoms. The Morgan fingerprint density at radius 3 is 2.56 bits per heavy atom. The van der Waals surface area contributed by atoms with Gasteiger partial charge in [0.1, 0.15) is 5.52 Å². The lowest BCUT2D eigenvalue weighted by atomic mass is 10.2. The van der Waals surface area contributed by atoms with Crippen molar-refractivity contribution in [3.63, 3.8) is 0 Å². The molecule has 0 aromatic carbocycles. The van der Waals surface area contributed by atoms with Crippen LogP contribution in [0.3, 0.4) is 0 Å². The lowest BCUT2D eigenvalue weighted by Gasteiger charge is -1.99. The normalized spacial score (nSPS) is 9.72. The van der Waals surface area contributed by atoms with Crippen molar-refractivity contribution in [2.75, 3.05) is 6.26 Å². The molecular formula is C13H17N3OS. The quantitative estimate of drug-likeness (QED) is 0.866. The molecule has 0 aliphatic heterocycles. The first kappa shape index (κ1) is 14.3. The smallest absolute Gasteiger partial charge is 0.275 e. The Balaban J connectivity index is 0.000000771. The van der Waals surface area contributed by atoms with E-state index in [9.17, 15) is 4.79 Å². The average Bonchev–Trinajstić information content (AvgIpc) is 2.79. The molecule has 0 unspecified atom stereocenters. The Morgan fingerprint density at radius 2 is 2.06 bits per heavy atom. The summed E-state index contributed by atoms with van der Waals surface area (Å²) in [7, 11) is 0. The number of aromatic nitrogens is 3. The number of rotatable bonds is 3. The topological polar surface area (TPSA) is 50.2 Å². The first-order valence-electron chi connectivity index (χ1n) is 5.66. The highest BCUT2D eigenvalue weighted by atomic mass is 32.2. The van der Waals surface area contributed by atoms with Gasteiger partial charge in [-0.05, 0) is 18.4 Å². The number of nitrogens with one attached hydrogen (secondary N) is 1. The molecule has 0 amide bonds. The Hall–Kier alpha value is -1.75. The highest BCUT2D eigenvalue weighted by Crippen LogP contribution is 2.16. The van der Waals surface area contributed by atoms with E-state index in [2.05, 4.69) is 23.2 Å². The predicted octanol–water partition coefficient (Wildman–Crippen LogP) is 3.06. The van der Waals surface area contributed by atoms with E-state index in [-0.39, 0.29) is 5.56 Å². The highest BCUT2D eigenvalue weighted by Gasteiger charge is 2.10. The second-order valence-corrected chi connectivity index (χ2v) is 3.95. The summed E-state index contributed by atoms with van der Waals surface area (Å²) in [5.74, 6) is 0. The average molecular weight is 263 g/mol. The van der Waals surface area contributed by atoms with E-state index in [1.54, 1.807) is 22.7 Å². The fraction of sp³-hybridized carbons (Fsp3) is 0.231. The van der Waals surface area contributed by atoms with E-state index >= 15 is 0 Å². The summed E-state index contributed by atoms with van der Waals surface area (Å²) in [5.41, 5.74) is 1.98. The van der Waals surface area contributed by atoms with Gasteiger partial charge in [0.2, 0.25) is 0 Å². The molecule has 0 saturated heterocycles. The summed E-state index contributed by atoms with van der Waals surface area (Å²) in [6.07, 6.45) is 5.21. The van der Waals surface area contributed by atoms with Crippen LogP contribution in [0.2, 0.25) is 0 Å². The van der Waals surface area contributed by atoms with Gasteiger partial charge in [0, 0.05) is 5.56 Å². The minimum Gasteiger partial charge on any atom is -0.298 e. The molecule has 2 rings (SSSR count). The van der Waals surface area contributed by atoms with Gasteiger partial charge in [-0.25, -0.2) is 4.52 Å². The lowest BCUT2D eigenvalue weighted by molar-refractivity contribution is 0.779. The molecule has 0 saturated carbocycles. The number of hydrogen-bond acceptors (Lipinski definition) is 3. The first-order valence-corrected chi connectivity index (χ1v) is 6.88. The van der Waals surface area contributed by atoms with Gasteiger partial charge in [0.05, 0.1) is 5.69 Å².